The third-order valence-corrected chi connectivity index (χ3v) is 7.42. The molecule has 0 N–H and O–H groups in total. The van der Waals surface area contributed by atoms with Gasteiger partial charge in [0.25, 0.3) is 5.56 Å². The minimum atomic E-state index is -0.0652. The number of thiophene rings is 1. The predicted octanol–water partition coefficient (Wildman–Crippen LogP) is 3.92. The molecule has 0 radical (unpaired) electrons. The van der Waals surface area contributed by atoms with Crippen LogP contribution >= 0.6 is 23.1 Å². The Bertz CT molecular complexity index is 1300. The maximum absolute atomic E-state index is 13.8. The van der Waals surface area contributed by atoms with E-state index in [2.05, 4.69) is 24.0 Å². The summed E-state index contributed by atoms with van der Waals surface area (Å²) in [6, 6.07) is 7.44. The summed E-state index contributed by atoms with van der Waals surface area (Å²) >= 11 is 3.13. The van der Waals surface area contributed by atoms with Gasteiger partial charge in [0.05, 0.1) is 30.9 Å². The molecule has 1 aliphatic rings. The van der Waals surface area contributed by atoms with Crippen molar-refractivity contribution in [3.8, 4) is 11.4 Å². The third kappa shape index (κ3) is 2.87. The van der Waals surface area contributed by atoms with E-state index in [4.69, 9.17) is 9.47 Å². The number of methoxy groups -OCH3 is 1. The number of thioether (sulfide) groups is 1. The van der Waals surface area contributed by atoms with Gasteiger partial charge in [-0.2, -0.15) is 0 Å². The predicted molar refractivity (Wildman–Crippen MR) is 119 cm³/mol. The average Bonchev–Trinajstić information content (AvgIpc) is 3.35. The topological polar surface area (TPSA) is 70.7 Å². The summed E-state index contributed by atoms with van der Waals surface area (Å²) in [5.74, 6) is 1.64. The Labute approximate surface area is 181 Å². The summed E-state index contributed by atoms with van der Waals surface area (Å²) in [6.45, 7) is 4.85. The molecule has 0 unspecified atom stereocenters. The molecule has 30 heavy (non-hydrogen) atoms. The molecule has 5 rings (SSSR count). The first-order chi connectivity index (χ1) is 14.5. The van der Waals surface area contributed by atoms with Crippen LogP contribution in [0.5, 0.6) is 5.75 Å². The van der Waals surface area contributed by atoms with E-state index in [1.165, 1.54) is 11.8 Å². The van der Waals surface area contributed by atoms with Crippen molar-refractivity contribution in [2.75, 3.05) is 13.4 Å². The van der Waals surface area contributed by atoms with E-state index < -0.39 is 0 Å². The monoisotopic (exact) mass is 442 g/mol. The molecule has 0 fully saturated rings. The molecule has 1 atom stereocenters. The summed E-state index contributed by atoms with van der Waals surface area (Å²) in [4.78, 5) is 15.8. The van der Waals surface area contributed by atoms with Crippen LogP contribution in [0.25, 0.3) is 21.7 Å². The van der Waals surface area contributed by atoms with Gasteiger partial charge in [-0.1, -0.05) is 25.6 Å². The van der Waals surface area contributed by atoms with E-state index in [0.717, 1.165) is 43.7 Å². The minimum absolute atomic E-state index is 0.0652. The molecule has 0 amide bonds. The molecular weight excluding hydrogens is 420 g/mol. The van der Waals surface area contributed by atoms with Gasteiger partial charge in [-0.15, -0.1) is 21.5 Å². The number of rotatable bonds is 4. The maximum atomic E-state index is 13.8. The average molecular weight is 443 g/mol. The van der Waals surface area contributed by atoms with Crippen molar-refractivity contribution in [1.82, 2.24) is 19.2 Å². The van der Waals surface area contributed by atoms with Crippen molar-refractivity contribution in [1.29, 1.82) is 0 Å². The zero-order valence-corrected chi connectivity index (χ0v) is 18.8. The zero-order chi connectivity index (χ0) is 21.0. The Kier molecular flexibility index (Phi) is 4.83. The van der Waals surface area contributed by atoms with Crippen molar-refractivity contribution < 1.29 is 9.47 Å². The van der Waals surface area contributed by atoms with E-state index in [0.29, 0.717) is 18.3 Å². The van der Waals surface area contributed by atoms with Crippen LogP contribution in [0, 0.1) is 5.92 Å². The smallest absolute Gasteiger partial charge is 0.268 e. The van der Waals surface area contributed by atoms with E-state index in [1.54, 1.807) is 23.0 Å². The SMILES string of the molecule is COc1ccc(-n2c(=O)c3c4c(sc3n3c(SC)nnc23)CO[C@@H](C(C)C)C4)cc1. The molecule has 156 valence electrons. The third-order valence-electron chi connectivity index (χ3n) is 5.60. The Balaban J connectivity index is 1.85. The number of fused-ring (bicyclic) bond motifs is 5. The fraction of sp³-hybridized carbons (Fsp3) is 0.381. The van der Waals surface area contributed by atoms with Gasteiger partial charge in [-0.05, 0) is 42.0 Å². The van der Waals surface area contributed by atoms with Gasteiger partial charge in [0.1, 0.15) is 10.6 Å². The summed E-state index contributed by atoms with van der Waals surface area (Å²) in [7, 11) is 1.62. The Morgan fingerprint density at radius 1 is 1.27 bits per heavy atom. The molecule has 0 aliphatic carbocycles. The first-order valence-electron chi connectivity index (χ1n) is 9.78. The van der Waals surface area contributed by atoms with E-state index in [-0.39, 0.29) is 11.7 Å². The van der Waals surface area contributed by atoms with E-state index >= 15 is 0 Å². The highest BCUT2D eigenvalue weighted by Crippen LogP contribution is 2.37. The van der Waals surface area contributed by atoms with Crippen molar-refractivity contribution in [2.24, 2.45) is 5.92 Å². The number of benzene rings is 1. The highest BCUT2D eigenvalue weighted by atomic mass is 32.2. The van der Waals surface area contributed by atoms with Crippen LogP contribution in [0.4, 0.5) is 0 Å². The van der Waals surface area contributed by atoms with Crippen LogP contribution in [0.2, 0.25) is 0 Å². The molecule has 0 bridgehead atoms. The molecule has 0 spiro atoms. The fourth-order valence-corrected chi connectivity index (χ4v) is 5.74. The Hall–Kier alpha value is -2.36. The highest BCUT2D eigenvalue weighted by Gasteiger charge is 2.30. The van der Waals surface area contributed by atoms with Gasteiger partial charge in [-0.3, -0.25) is 4.79 Å². The van der Waals surface area contributed by atoms with Crippen LogP contribution in [-0.4, -0.2) is 38.6 Å². The van der Waals surface area contributed by atoms with Gasteiger partial charge < -0.3 is 9.47 Å². The first-order valence-corrected chi connectivity index (χ1v) is 11.8. The van der Waals surface area contributed by atoms with Crippen LogP contribution in [0.3, 0.4) is 0 Å². The van der Waals surface area contributed by atoms with Gasteiger partial charge in [0, 0.05) is 11.3 Å². The Morgan fingerprint density at radius 3 is 2.70 bits per heavy atom. The maximum Gasteiger partial charge on any atom is 0.268 e. The second-order valence-corrected chi connectivity index (χ2v) is 9.50. The Morgan fingerprint density at radius 2 is 2.03 bits per heavy atom. The second kappa shape index (κ2) is 7.40. The summed E-state index contributed by atoms with van der Waals surface area (Å²) in [5.41, 5.74) is 1.78. The van der Waals surface area contributed by atoms with Crippen molar-refractivity contribution in [3.63, 3.8) is 0 Å². The molecule has 0 saturated carbocycles. The molecular formula is C21H22N4O3S2. The van der Waals surface area contributed by atoms with Crippen molar-refractivity contribution >= 4 is 39.1 Å². The summed E-state index contributed by atoms with van der Waals surface area (Å²) in [5, 5.41) is 10.2. The quantitative estimate of drug-likeness (QED) is 0.446. The van der Waals surface area contributed by atoms with Crippen molar-refractivity contribution in [2.45, 2.75) is 38.1 Å². The van der Waals surface area contributed by atoms with E-state index in [9.17, 15) is 4.79 Å². The molecule has 4 heterocycles. The number of hydrogen-bond acceptors (Lipinski definition) is 7. The largest absolute Gasteiger partial charge is 0.497 e. The second-order valence-electron chi connectivity index (χ2n) is 7.64. The lowest BCUT2D eigenvalue weighted by Crippen LogP contribution is -2.28. The molecule has 1 aromatic carbocycles. The number of aromatic nitrogens is 4. The molecule has 7 nitrogen and oxygen atoms in total. The standard InChI is InChI=1S/C21H22N4O3S2/c1-11(2)15-9-14-16(10-28-15)30-19-17(14)18(26)24(12-5-7-13(27-3)8-6-12)20-22-23-21(29-4)25(19)20/h5-8,11,15H,9-10H2,1-4H3/t15-/m1/s1. The van der Waals surface area contributed by atoms with Gasteiger partial charge >= 0.3 is 0 Å². The normalized spacial score (nSPS) is 16.5. The van der Waals surface area contributed by atoms with Crippen LogP contribution in [0.1, 0.15) is 24.3 Å². The van der Waals surface area contributed by atoms with Crippen LogP contribution in [0.15, 0.2) is 34.2 Å². The molecule has 4 aromatic rings. The van der Waals surface area contributed by atoms with Crippen molar-refractivity contribution in [3.05, 3.63) is 45.1 Å². The van der Waals surface area contributed by atoms with Gasteiger partial charge in [-0.25, -0.2) is 8.97 Å². The zero-order valence-electron chi connectivity index (χ0n) is 17.2. The highest BCUT2D eigenvalue weighted by molar-refractivity contribution is 7.98. The summed E-state index contributed by atoms with van der Waals surface area (Å²) < 4.78 is 15.0. The summed E-state index contributed by atoms with van der Waals surface area (Å²) in [6.07, 6.45) is 2.82. The van der Waals surface area contributed by atoms with Crippen LogP contribution in [-0.2, 0) is 17.8 Å². The number of hydrogen-bond donors (Lipinski definition) is 0. The van der Waals surface area contributed by atoms with E-state index in [1.807, 2.05) is 34.9 Å². The lowest BCUT2D eigenvalue weighted by molar-refractivity contribution is 0.00200. The number of nitrogens with zero attached hydrogens (tertiary/aromatic N) is 4. The lowest BCUT2D eigenvalue weighted by Gasteiger charge is -2.26. The first kappa shape index (κ1) is 19.6. The molecule has 3 aromatic heterocycles. The van der Waals surface area contributed by atoms with Gasteiger partial charge in [0.15, 0.2) is 5.16 Å². The molecule has 1 aliphatic heterocycles. The number of ether oxygens (including phenoxy) is 2. The van der Waals surface area contributed by atoms with Gasteiger partial charge in [0.2, 0.25) is 5.78 Å². The fourth-order valence-electron chi connectivity index (χ4n) is 3.96. The molecule has 0 saturated heterocycles. The minimum Gasteiger partial charge on any atom is -0.497 e. The lowest BCUT2D eigenvalue weighted by atomic mass is 9.96. The molecule has 9 heteroatoms. The van der Waals surface area contributed by atoms with Crippen LogP contribution < -0.4 is 10.3 Å².